The molecule has 5 nitrogen and oxygen atoms in total. The lowest BCUT2D eigenvalue weighted by Crippen LogP contribution is -2.16. The Morgan fingerprint density at radius 1 is 1.11 bits per heavy atom. The summed E-state index contributed by atoms with van der Waals surface area (Å²) >= 11 is 6.21. The molecule has 0 spiro atoms. The third-order valence-corrected chi connectivity index (χ3v) is 5.14. The van der Waals surface area contributed by atoms with Gasteiger partial charge in [-0.2, -0.15) is 0 Å². The van der Waals surface area contributed by atoms with E-state index in [9.17, 15) is 0 Å². The van der Waals surface area contributed by atoms with Crippen molar-refractivity contribution in [2.45, 2.75) is 20.3 Å². The molecule has 1 aliphatic rings. The van der Waals surface area contributed by atoms with Gasteiger partial charge in [0.25, 0.3) is 0 Å². The van der Waals surface area contributed by atoms with E-state index in [4.69, 9.17) is 16.3 Å². The number of nitrogens with one attached hydrogen (secondary N) is 1. The van der Waals surface area contributed by atoms with Crippen LogP contribution in [0.1, 0.15) is 17.0 Å². The largest absolute Gasteiger partial charge is 0.495 e. The molecule has 2 aromatic carbocycles. The van der Waals surface area contributed by atoms with Crippen LogP contribution in [-0.4, -0.2) is 23.6 Å². The molecule has 0 saturated carbocycles. The van der Waals surface area contributed by atoms with Gasteiger partial charge in [0.15, 0.2) is 0 Å². The summed E-state index contributed by atoms with van der Waals surface area (Å²) in [7, 11) is 1.63. The molecule has 27 heavy (non-hydrogen) atoms. The summed E-state index contributed by atoms with van der Waals surface area (Å²) in [6.07, 6.45) is 1.02. The van der Waals surface area contributed by atoms with Crippen molar-refractivity contribution < 1.29 is 4.74 Å². The van der Waals surface area contributed by atoms with Crippen molar-refractivity contribution in [1.29, 1.82) is 0 Å². The maximum Gasteiger partial charge on any atom is 0.143 e. The molecule has 0 bridgehead atoms. The van der Waals surface area contributed by atoms with Crippen LogP contribution in [0.5, 0.6) is 5.75 Å². The minimum Gasteiger partial charge on any atom is -0.495 e. The number of ether oxygens (including phenoxy) is 1. The second-order valence-electron chi connectivity index (χ2n) is 6.62. The van der Waals surface area contributed by atoms with Crippen LogP contribution >= 0.6 is 11.6 Å². The zero-order valence-corrected chi connectivity index (χ0v) is 16.3. The van der Waals surface area contributed by atoms with Gasteiger partial charge in [0, 0.05) is 29.4 Å². The second kappa shape index (κ2) is 7.08. The fourth-order valence-corrected chi connectivity index (χ4v) is 3.55. The van der Waals surface area contributed by atoms with Gasteiger partial charge < -0.3 is 15.0 Å². The molecule has 4 rings (SSSR count). The van der Waals surface area contributed by atoms with Gasteiger partial charge in [-0.3, -0.25) is 0 Å². The Morgan fingerprint density at radius 2 is 1.93 bits per heavy atom. The van der Waals surface area contributed by atoms with Crippen molar-refractivity contribution >= 4 is 34.6 Å². The molecule has 1 aromatic heterocycles. The molecule has 2 heterocycles. The van der Waals surface area contributed by atoms with Crippen molar-refractivity contribution in [1.82, 2.24) is 9.97 Å². The van der Waals surface area contributed by atoms with Gasteiger partial charge >= 0.3 is 0 Å². The van der Waals surface area contributed by atoms with Crippen LogP contribution in [0.15, 0.2) is 42.5 Å². The lowest BCUT2D eigenvalue weighted by atomic mass is 10.2. The lowest BCUT2D eigenvalue weighted by molar-refractivity contribution is 0.416. The van der Waals surface area contributed by atoms with Gasteiger partial charge in [-0.05, 0) is 43.5 Å². The second-order valence-corrected chi connectivity index (χ2v) is 7.02. The molecular formula is C21H21ClN4O. The van der Waals surface area contributed by atoms with E-state index in [0.29, 0.717) is 16.6 Å². The number of nitrogens with zero attached hydrogens (tertiary/aromatic N) is 3. The molecule has 0 aliphatic carbocycles. The number of aromatic nitrogens is 2. The fourth-order valence-electron chi connectivity index (χ4n) is 3.40. The van der Waals surface area contributed by atoms with E-state index < -0.39 is 0 Å². The average Bonchev–Trinajstić information content (AvgIpc) is 3.08. The third-order valence-electron chi connectivity index (χ3n) is 4.73. The number of methoxy groups -OCH3 is 1. The van der Waals surface area contributed by atoms with E-state index >= 15 is 0 Å². The fraction of sp³-hybridized carbons (Fsp3) is 0.238. The Kier molecular flexibility index (Phi) is 4.62. The lowest BCUT2D eigenvalue weighted by Gasteiger charge is -2.20. The van der Waals surface area contributed by atoms with Crippen molar-refractivity contribution in [2.75, 3.05) is 23.9 Å². The van der Waals surface area contributed by atoms with Gasteiger partial charge in [-0.15, -0.1) is 0 Å². The Labute approximate surface area is 164 Å². The first-order valence-corrected chi connectivity index (χ1v) is 9.25. The van der Waals surface area contributed by atoms with Crippen LogP contribution < -0.4 is 15.0 Å². The van der Waals surface area contributed by atoms with Crippen LogP contribution in [0.3, 0.4) is 0 Å². The number of para-hydroxylation sites is 1. The highest BCUT2D eigenvalue weighted by atomic mass is 35.5. The highest BCUT2D eigenvalue weighted by molar-refractivity contribution is 6.31. The first kappa shape index (κ1) is 17.6. The summed E-state index contributed by atoms with van der Waals surface area (Å²) in [6, 6.07) is 14.2. The summed E-state index contributed by atoms with van der Waals surface area (Å²) in [5, 5.41) is 4.03. The summed E-state index contributed by atoms with van der Waals surface area (Å²) in [5.41, 5.74) is 4.35. The van der Waals surface area contributed by atoms with Gasteiger partial charge in [-0.1, -0.05) is 29.8 Å². The first-order valence-electron chi connectivity index (χ1n) is 8.87. The summed E-state index contributed by atoms with van der Waals surface area (Å²) < 4.78 is 5.46. The number of hydrogen-bond acceptors (Lipinski definition) is 5. The van der Waals surface area contributed by atoms with Crippen LogP contribution in [0.25, 0.3) is 0 Å². The number of benzene rings is 2. The van der Waals surface area contributed by atoms with E-state index in [0.717, 1.165) is 35.9 Å². The molecule has 138 valence electrons. The molecular weight excluding hydrogens is 360 g/mol. The number of rotatable bonds is 4. The van der Waals surface area contributed by atoms with Gasteiger partial charge in [0.2, 0.25) is 0 Å². The van der Waals surface area contributed by atoms with E-state index in [1.165, 1.54) is 11.3 Å². The van der Waals surface area contributed by atoms with E-state index in [2.05, 4.69) is 44.5 Å². The van der Waals surface area contributed by atoms with Gasteiger partial charge in [-0.25, -0.2) is 9.97 Å². The molecule has 0 amide bonds. The Balaban J connectivity index is 1.69. The summed E-state index contributed by atoms with van der Waals surface area (Å²) in [4.78, 5) is 11.4. The van der Waals surface area contributed by atoms with Gasteiger partial charge in [0.05, 0.1) is 12.8 Å². The van der Waals surface area contributed by atoms with Crippen molar-refractivity contribution in [2.24, 2.45) is 0 Å². The number of aryl methyl sites for hydroxylation is 2. The van der Waals surface area contributed by atoms with Crippen LogP contribution in [0, 0.1) is 13.8 Å². The van der Waals surface area contributed by atoms with E-state index in [-0.39, 0.29) is 0 Å². The molecule has 0 radical (unpaired) electrons. The zero-order chi connectivity index (χ0) is 19.0. The topological polar surface area (TPSA) is 50.3 Å². The number of hydrogen-bond donors (Lipinski definition) is 1. The SMILES string of the molecule is COc1cc(Cl)c(C)cc1Nc1cc(N2CCc3ccccc32)nc(C)n1. The summed E-state index contributed by atoms with van der Waals surface area (Å²) in [5.74, 6) is 3.00. The minimum atomic E-state index is 0.672. The van der Waals surface area contributed by atoms with Crippen LogP contribution in [-0.2, 0) is 6.42 Å². The van der Waals surface area contributed by atoms with E-state index in [1.807, 2.05) is 32.0 Å². The molecule has 0 saturated heterocycles. The average molecular weight is 381 g/mol. The Bertz CT molecular complexity index is 1010. The molecule has 0 fully saturated rings. The normalized spacial score (nSPS) is 12.8. The Morgan fingerprint density at radius 3 is 2.74 bits per heavy atom. The van der Waals surface area contributed by atoms with Crippen molar-refractivity contribution in [3.05, 3.63) is 64.4 Å². The smallest absolute Gasteiger partial charge is 0.143 e. The van der Waals surface area contributed by atoms with E-state index in [1.54, 1.807) is 7.11 Å². The highest BCUT2D eigenvalue weighted by Gasteiger charge is 2.21. The standard InChI is InChI=1S/C21H21ClN4O/c1-13-10-17(19(27-3)11-16(13)22)25-20-12-21(24-14(2)23-20)26-9-8-15-6-4-5-7-18(15)26/h4-7,10-12H,8-9H2,1-3H3,(H,23,24,25). The maximum atomic E-state index is 6.21. The predicted molar refractivity (Wildman–Crippen MR) is 110 cm³/mol. The molecule has 6 heteroatoms. The van der Waals surface area contributed by atoms with Gasteiger partial charge in [0.1, 0.15) is 23.2 Å². The number of halogens is 1. The maximum absolute atomic E-state index is 6.21. The zero-order valence-electron chi connectivity index (χ0n) is 15.6. The molecule has 0 unspecified atom stereocenters. The van der Waals surface area contributed by atoms with Crippen LogP contribution in [0.2, 0.25) is 5.02 Å². The predicted octanol–water partition coefficient (Wildman–Crippen LogP) is 5.19. The monoisotopic (exact) mass is 380 g/mol. The van der Waals surface area contributed by atoms with Crippen LogP contribution in [0.4, 0.5) is 23.0 Å². The minimum absolute atomic E-state index is 0.672. The Hall–Kier alpha value is -2.79. The summed E-state index contributed by atoms with van der Waals surface area (Å²) in [6.45, 7) is 4.78. The quantitative estimate of drug-likeness (QED) is 0.674. The van der Waals surface area contributed by atoms with Crippen molar-refractivity contribution in [3.63, 3.8) is 0 Å². The molecule has 3 aromatic rings. The number of fused-ring (bicyclic) bond motifs is 1. The molecule has 1 aliphatic heterocycles. The molecule has 1 N–H and O–H groups in total. The highest BCUT2D eigenvalue weighted by Crippen LogP contribution is 2.36. The molecule has 0 atom stereocenters. The number of anilines is 4. The van der Waals surface area contributed by atoms with Crippen molar-refractivity contribution in [3.8, 4) is 5.75 Å². The third kappa shape index (κ3) is 3.43. The first-order chi connectivity index (χ1) is 13.0.